The van der Waals surface area contributed by atoms with E-state index in [-0.39, 0.29) is 0 Å². The van der Waals surface area contributed by atoms with Gasteiger partial charge in [-0.2, -0.15) is 0 Å². The number of hydrogen-bond donors (Lipinski definition) is 1. The molecule has 4 aromatic rings. The highest BCUT2D eigenvalue weighted by atomic mass is 16.5. The lowest BCUT2D eigenvalue weighted by Crippen LogP contribution is -2.44. The molecule has 2 aromatic heterocycles. The minimum Gasteiger partial charge on any atom is -0.487 e. The minimum absolute atomic E-state index is 0.388. The Bertz CT molecular complexity index is 1430. The number of ether oxygens (including phenoxy) is 1. The number of piperazine rings is 1. The molecule has 1 saturated heterocycles. The third-order valence-corrected chi connectivity index (χ3v) is 7.89. The molecule has 0 spiro atoms. The standard InChI is InChI=1S/C31H42N10O/c1-39-18-20-40(21-19-39)27-12-15-29-30(22-27)35-31(34-29)25-10-13-28(14-11-25)42-24-26-23-41(38-36-26)17-9-7-5-3-2-4-6-8-16-33-37-32/h10-15,22-23H,2-9,16-21,24H2,1H3,(H,34,35). The predicted molar refractivity (Wildman–Crippen MR) is 167 cm³/mol. The first-order chi connectivity index (χ1) is 20.7. The number of benzene rings is 2. The second-order valence-corrected chi connectivity index (χ2v) is 11.1. The summed E-state index contributed by atoms with van der Waals surface area (Å²) in [6.45, 7) is 6.15. The van der Waals surface area contributed by atoms with Crippen molar-refractivity contribution in [3.63, 3.8) is 0 Å². The van der Waals surface area contributed by atoms with Crippen LogP contribution in [0.2, 0.25) is 0 Å². The van der Waals surface area contributed by atoms with Gasteiger partial charge in [0.25, 0.3) is 0 Å². The first-order valence-electron chi connectivity index (χ1n) is 15.2. The second kappa shape index (κ2) is 15.2. The number of aromatic nitrogens is 5. The molecular formula is C31H42N10O. The van der Waals surface area contributed by atoms with Crippen molar-refractivity contribution in [1.82, 2.24) is 29.9 Å². The van der Waals surface area contributed by atoms with Crippen LogP contribution < -0.4 is 9.64 Å². The molecule has 1 aliphatic rings. The molecule has 1 aliphatic heterocycles. The number of hydrogen-bond acceptors (Lipinski definition) is 7. The van der Waals surface area contributed by atoms with E-state index in [1.54, 1.807) is 0 Å². The Balaban J connectivity index is 1.02. The van der Waals surface area contributed by atoms with Crippen LogP contribution in [0.5, 0.6) is 5.75 Å². The molecule has 0 aliphatic carbocycles. The average molecular weight is 571 g/mol. The summed E-state index contributed by atoms with van der Waals surface area (Å²) < 4.78 is 7.89. The molecule has 0 amide bonds. The zero-order chi connectivity index (χ0) is 29.0. The number of likely N-dealkylation sites (N-methyl/N-ethyl adjacent to an activating group) is 1. The molecule has 11 heteroatoms. The van der Waals surface area contributed by atoms with Gasteiger partial charge in [0, 0.05) is 55.4 Å². The van der Waals surface area contributed by atoms with Crippen LogP contribution in [0.15, 0.2) is 53.8 Å². The van der Waals surface area contributed by atoms with E-state index in [0.717, 1.165) is 85.9 Å². The van der Waals surface area contributed by atoms with Gasteiger partial charge in [-0.3, -0.25) is 4.68 Å². The number of rotatable bonds is 16. The molecule has 11 nitrogen and oxygen atoms in total. The number of H-pyrrole nitrogens is 1. The van der Waals surface area contributed by atoms with Gasteiger partial charge in [-0.25, -0.2) is 4.98 Å². The van der Waals surface area contributed by atoms with Gasteiger partial charge in [0.15, 0.2) is 0 Å². The summed E-state index contributed by atoms with van der Waals surface area (Å²) in [5.74, 6) is 1.65. The van der Waals surface area contributed by atoms with E-state index in [1.165, 1.54) is 37.8 Å². The van der Waals surface area contributed by atoms with E-state index in [1.807, 2.05) is 35.1 Å². The number of nitrogens with zero attached hydrogens (tertiary/aromatic N) is 9. The monoisotopic (exact) mass is 570 g/mol. The number of nitrogens with one attached hydrogen (secondary N) is 1. The largest absolute Gasteiger partial charge is 0.487 e. The summed E-state index contributed by atoms with van der Waals surface area (Å²) in [7, 11) is 2.18. The van der Waals surface area contributed by atoms with Gasteiger partial charge in [0.1, 0.15) is 23.9 Å². The quantitative estimate of drug-likeness (QED) is 0.0702. The average Bonchev–Trinajstić information content (AvgIpc) is 3.66. The van der Waals surface area contributed by atoms with Crippen molar-refractivity contribution in [2.24, 2.45) is 5.11 Å². The Morgan fingerprint density at radius 3 is 2.43 bits per heavy atom. The van der Waals surface area contributed by atoms with Crippen LogP contribution in [0.25, 0.3) is 32.9 Å². The fourth-order valence-corrected chi connectivity index (χ4v) is 5.34. The molecule has 42 heavy (non-hydrogen) atoms. The maximum Gasteiger partial charge on any atom is 0.138 e. The van der Waals surface area contributed by atoms with Crippen LogP contribution in [0.3, 0.4) is 0 Å². The number of aryl methyl sites for hydroxylation is 1. The van der Waals surface area contributed by atoms with Gasteiger partial charge in [-0.1, -0.05) is 48.9 Å². The van der Waals surface area contributed by atoms with Gasteiger partial charge in [-0.15, -0.1) is 5.10 Å². The van der Waals surface area contributed by atoms with Crippen molar-refractivity contribution < 1.29 is 4.74 Å². The van der Waals surface area contributed by atoms with Gasteiger partial charge in [0.2, 0.25) is 0 Å². The van der Waals surface area contributed by atoms with Crippen molar-refractivity contribution in [1.29, 1.82) is 0 Å². The molecule has 1 fully saturated rings. The maximum atomic E-state index is 8.28. The summed E-state index contributed by atoms with van der Waals surface area (Å²) >= 11 is 0. The van der Waals surface area contributed by atoms with Gasteiger partial charge in [-0.05, 0) is 67.9 Å². The second-order valence-electron chi connectivity index (χ2n) is 11.1. The number of fused-ring (bicyclic) bond motifs is 1. The van der Waals surface area contributed by atoms with E-state index in [2.05, 4.69) is 60.4 Å². The fourth-order valence-electron chi connectivity index (χ4n) is 5.34. The van der Waals surface area contributed by atoms with Crippen LogP contribution in [-0.4, -0.2) is 69.6 Å². The number of unbranched alkanes of at least 4 members (excludes halogenated alkanes) is 7. The summed E-state index contributed by atoms with van der Waals surface area (Å²) in [6.07, 6.45) is 11.4. The van der Waals surface area contributed by atoms with Gasteiger partial charge in [0.05, 0.1) is 17.2 Å². The third kappa shape index (κ3) is 8.47. The number of azide groups is 1. The predicted octanol–water partition coefficient (Wildman–Crippen LogP) is 6.58. The van der Waals surface area contributed by atoms with Gasteiger partial charge >= 0.3 is 0 Å². The molecule has 222 valence electrons. The van der Waals surface area contributed by atoms with Crippen LogP contribution in [0.1, 0.15) is 57.1 Å². The van der Waals surface area contributed by atoms with Crippen molar-refractivity contribution in [3.05, 3.63) is 64.8 Å². The first-order valence-corrected chi connectivity index (χ1v) is 15.2. The van der Waals surface area contributed by atoms with Gasteiger partial charge < -0.3 is 19.5 Å². The number of anilines is 1. The Morgan fingerprint density at radius 1 is 0.929 bits per heavy atom. The Hall–Kier alpha value is -4.08. The molecule has 2 aromatic carbocycles. The summed E-state index contributed by atoms with van der Waals surface area (Å²) in [5.41, 5.74) is 13.4. The molecule has 5 rings (SSSR count). The lowest BCUT2D eigenvalue weighted by atomic mass is 10.1. The lowest BCUT2D eigenvalue weighted by molar-refractivity contribution is 0.301. The summed E-state index contributed by atoms with van der Waals surface area (Å²) in [6, 6.07) is 14.5. The van der Waals surface area contributed by atoms with Crippen molar-refractivity contribution in [3.8, 4) is 17.1 Å². The molecule has 0 atom stereocenters. The van der Waals surface area contributed by atoms with Crippen molar-refractivity contribution in [2.75, 3.05) is 44.7 Å². The normalized spacial score (nSPS) is 13.9. The number of imidazole rings is 1. The first kappa shape index (κ1) is 29.4. The van der Waals surface area contributed by atoms with Crippen LogP contribution >= 0.6 is 0 Å². The van der Waals surface area contributed by atoms with E-state index in [4.69, 9.17) is 15.3 Å². The molecule has 0 unspecified atom stereocenters. The lowest BCUT2D eigenvalue weighted by Gasteiger charge is -2.34. The van der Waals surface area contributed by atoms with Crippen molar-refractivity contribution in [2.45, 2.75) is 64.5 Å². The highest BCUT2D eigenvalue weighted by molar-refractivity contribution is 5.83. The molecule has 1 N–H and O–H groups in total. The fraction of sp³-hybridized carbons (Fsp3) is 0.516. The summed E-state index contributed by atoms with van der Waals surface area (Å²) in [5, 5.41) is 12.1. The summed E-state index contributed by atoms with van der Waals surface area (Å²) in [4.78, 5) is 15.9. The van der Waals surface area contributed by atoms with E-state index in [9.17, 15) is 0 Å². The Labute approximate surface area is 247 Å². The highest BCUT2D eigenvalue weighted by Crippen LogP contribution is 2.26. The van der Waals surface area contributed by atoms with E-state index in [0.29, 0.717) is 13.2 Å². The van der Waals surface area contributed by atoms with E-state index < -0.39 is 0 Å². The number of aromatic amines is 1. The SMILES string of the molecule is CN1CCN(c2ccc3nc(-c4ccc(OCc5cn(CCCCCCCCCCN=[N+]=[N-])nn5)cc4)[nH]c3c2)CC1. The smallest absolute Gasteiger partial charge is 0.138 e. The molecule has 0 bridgehead atoms. The molecule has 0 radical (unpaired) electrons. The maximum absolute atomic E-state index is 8.28. The third-order valence-electron chi connectivity index (χ3n) is 7.89. The molecular weight excluding hydrogens is 528 g/mol. The topological polar surface area (TPSA) is 124 Å². The molecule has 3 heterocycles. The van der Waals surface area contributed by atoms with Crippen LogP contribution in [0, 0.1) is 0 Å². The zero-order valence-corrected chi connectivity index (χ0v) is 24.7. The highest BCUT2D eigenvalue weighted by Gasteiger charge is 2.15. The van der Waals surface area contributed by atoms with E-state index >= 15 is 0 Å². The Kier molecular flexibility index (Phi) is 10.7. The van der Waals surface area contributed by atoms with Crippen LogP contribution in [-0.2, 0) is 13.2 Å². The van der Waals surface area contributed by atoms with Crippen molar-refractivity contribution >= 4 is 16.7 Å². The Morgan fingerprint density at radius 2 is 1.67 bits per heavy atom. The zero-order valence-electron chi connectivity index (χ0n) is 24.7. The van der Waals surface area contributed by atoms with Crippen LogP contribution in [0.4, 0.5) is 5.69 Å². The minimum atomic E-state index is 0.388. The molecule has 0 saturated carbocycles.